The number of anilines is 2. The molecule has 0 bridgehead atoms. The number of pyridine rings is 1. The van der Waals surface area contributed by atoms with Crippen LogP contribution in [0.15, 0.2) is 30.7 Å². The van der Waals surface area contributed by atoms with Crippen LogP contribution in [-0.4, -0.2) is 20.9 Å². The van der Waals surface area contributed by atoms with Crippen molar-refractivity contribution in [2.45, 2.75) is 6.18 Å². The van der Waals surface area contributed by atoms with Gasteiger partial charge >= 0.3 is 6.18 Å². The molecule has 104 valence electrons. The quantitative estimate of drug-likeness (QED) is 0.894. The van der Waals surface area contributed by atoms with Gasteiger partial charge in [-0.1, -0.05) is 0 Å². The Morgan fingerprint density at radius 3 is 2.50 bits per heavy atom. The van der Waals surface area contributed by atoms with Crippen LogP contribution in [0.1, 0.15) is 16.2 Å². The Bertz CT molecular complexity index is 644. The summed E-state index contributed by atoms with van der Waals surface area (Å²) in [4.78, 5) is 21.9. The van der Waals surface area contributed by atoms with Gasteiger partial charge in [-0.05, 0) is 12.1 Å². The van der Waals surface area contributed by atoms with Crippen LogP contribution in [0.3, 0.4) is 0 Å². The first-order chi connectivity index (χ1) is 9.38. The van der Waals surface area contributed by atoms with Gasteiger partial charge in [0.2, 0.25) is 0 Å². The van der Waals surface area contributed by atoms with Gasteiger partial charge in [0.15, 0.2) is 11.5 Å². The average Bonchev–Trinajstić information content (AvgIpc) is 2.38. The molecule has 0 atom stereocenters. The van der Waals surface area contributed by atoms with E-state index in [1.807, 2.05) is 0 Å². The first-order valence-corrected chi connectivity index (χ1v) is 5.29. The van der Waals surface area contributed by atoms with Crippen LogP contribution in [0.25, 0.3) is 0 Å². The second-order valence-electron chi connectivity index (χ2n) is 3.67. The summed E-state index contributed by atoms with van der Waals surface area (Å²) in [6, 6.07) is 2.09. The summed E-state index contributed by atoms with van der Waals surface area (Å²) in [5.74, 6) is -0.870. The van der Waals surface area contributed by atoms with E-state index in [9.17, 15) is 18.0 Å². The largest absolute Gasteiger partial charge is 0.433 e. The number of carbonyl (C=O) groups is 1. The Morgan fingerprint density at radius 1 is 1.15 bits per heavy atom. The molecule has 0 spiro atoms. The molecule has 0 aliphatic rings. The number of nitrogens with two attached hydrogens (primary N) is 1. The molecule has 6 nitrogen and oxygen atoms in total. The molecular formula is C11H8F3N5O. The fourth-order valence-electron chi connectivity index (χ4n) is 1.41. The predicted octanol–water partition coefficient (Wildman–Crippen LogP) is 1.73. The zero-order valence-corrected chi connectivity index (χ0v) is 9.85. The topological polar surface area (TPSA) is 93.8 Å². The lowest BCUT2D eigenvalue weighted by Crippen LogP contribution is -2.16. The number of carbonyl (C=O) groups excluding carboxylic acids is 1. The lowest BCUT2D eigenvalue weighted by atomic mass is 10.3. The average molecular weight is 283 g/mol. The molecule has 1 amide bonds. The zero-order chi connectivity index (χ0) is 14.8. The number of aromatic nitrogens is 3. The van der Waals surface area contributed by atoms with E-state index in [4.69, 9.17) is 5.73 Å². The second kappa shape index (κ2) is 5.11. The van der Waals surface area contributed by atoms with E-state index in [2.05, 4.69) is 20.3 Å². The highest BCUT2D eigenvalue weighted by Gasteiger charge is 2.32. The molecule has 2 aromatic heterocycles. The van der Waals surface area contributed by atoms with Crippen LogP contribution in [0.4, 0.5) is 24.7 Å². The minimum atomic E-state index is -4.56. The smallest absolute Gasteiger partial charge is 0.364 e. The summed E-state index contributed by atoms with van der Waals surface area (Å²) >= 11 is 0. The van der Waals surface area contributed by atoms with Crippen molar-refractivity contribution < 1.29 is 18.0 Å². The van der Waals surface area contributed by atoms with E-state index >= 15 is 0 Å². The van der Waals surface area contributed by atoms with E-state index in [-0.39, 0.29) is 17.2 Å². The molecular weight excluding hydrogens is 275 g/mol. The number of halogens is 3. The summed E-state index contributed by atoms with van der Waals surface area (Å²) in [7, 11) is 0. The lowest BCUT2D eigenvalue weighted by molar-refractivity contribution is -0.141. The Labute approximate surface area is 110 Å². The van der Waals surface area contributed by atoms with Crippen molar-refractivity contribution in [3.8, 4) is 0 Å². The van der Waals surface area contributed by atoms with Crippen LogP contribution in [-0.2, 0) is 6.18 Å². The number of alkyl halides is 3. The molecule has 0 saturated heterocycles. The molecule has 0 unspecified atom stereocenters. The van der Waals surface area contributed by atoms with Crippen LogP contribution in [0.2, 0.25) is 0 Å². The van der Waals surface area contributed by atoms with E-state index in [1.165, 1.54) is 18.5 Å². The SMILES string of the molecule is NC(=O)c1nccnc1Nc1ccnc(C(F)(F)F)c1. The van der Waals surface area contributed by atoms with E-state index in [0.717, 1.165) is 12.3 Å². The molecule has 0 radical (unpaired) electrons. The van der Waals surface area contributed by atoms with Crippen molar-refractivity contribution in [1.82, 2.24) is 15.0 Å². The number of nitrogens with one attached hydrogen (secondary N) is 1. The molecule has 2 rings (SSSR count). The van der Waals surface area contributed by atoms with E-state index in [0.29, 0.717) is 0 Å². The Balaban J connectivity index is 2.34. The Kier molecular flexibility index (Phi) is 3.51. The zero-order valence-electron chi connectivity index (χ0n) is 9.85. The third kappa shape index (κ3) is 2.99. The third-order valence-electron chi connectivity index (χ3n) is 2.24. The minimum absolute atomic E-state index is 0.0284. The molecule has 0 aliphatic carbocycles. The van der Waals surface area contributed by atoms with Crippen molar-refractivity contribution in [2.75, 3.05) is 5.32 Å². The summed E-state index contributed by atoms with van der Waals surface area (Å²) < 4.78 is 37.6. The molecule has 2 aromatic rings. The maximum absolute atomic E-state index is 12.5. The molecule has 20 heavy (non-hydrogen) atoms. The molecule has 0 fully saturated rings. The van der Waals surface area contributed by atoms with Gasteiger partial charge in [0.05, 0.1) is 0 Å². The van der Waals surface area contributed by atoms with Crippen LogP contribution in [0.5, 0.6) is 0 Å². The van der Waals surface area contributed by atoms with Crippen LogP contribution in [0, 0.1) is 0 Å². The number of primary amides is 1. The third-order valence-corrected chi connectivity index (χ3v) is 2.24. The van der Waals surface area contributed by atoms with Crippen molar-refractivity contribution in [3.05, 3.63) is 42.1 Å². The van der Waals surface area contributed by atoms with E-state index < -0.39 is 17.8 Å². The van der Waals surface area contributed by atoms with Crippen molar-refractivity contribution in [2.24, 2.45) is 5.73 Å². The van der Waals surface area contributed by atoms with Gasteiger partial charge in [0, 0.05) is 24.3 Å². The highest BCUT2D eigenvalue weighted by atomic mass is 19.4. The molecule has 0 aromatic carbocycles. The summed E-state index contributed by atoms with van der Waals surface area (Å²) in [5.41, 5.74) is 3.93. The van der Waals surface area contributed by atoms with Gasteiger partial charge in [0.1, 0.15) is 5.69 Å². The fraction of sp³-hybridized carbons (Fsp3) is 0.0909. The lowest BCUT2D eigenvalue weighted by Gasteiger charge is -2.10. The van der Waals surface area contributed by atoms with Crippen LogP contribution < -0.4 is 11.1 Å². The van der Waals surface area contributed by atoms with Gasteiger partial charge in [-0.3, -0.25) is 9.78 Å². The first kappa shape index (κ1) is 13.7. The number of hydrogen-bond acceptors (Lipinski definition) is 5. The van der Waals surface area contributed by atoms with Gasteiger partial charge < -0.3 is 11.1 Å². The molecule has 9 heteroatoms. The maximum atomic E-state index is 12.5. The first-order valence-electron chi connectivity index (χ1n) is 5.29. The van der Waals surface area contributed by atoms with Gasteiger partial charge in [0.25, 0.3) is 5.91 Å². The number of amides is 1. The highest BCUT2D eigenvalue weighted by Crippen LogP contribution is 2.29. The second-order valence-corrected chi connectivity index (χ2v) is 3.67. The van der Waals surface area contributed by atoms with Crippen molar-refractivity contribution in [1.29, 1.82) is 0 Å². The molecule has 3 N–H and O–H groups in total. The van der Waals surface area contributed by atoms with E-state index in [1.54, 1.807) is 0 Å². The molecule has 0 aliphatic heterocycles. The molecule has 2 heterocycles. The standard InChI is InChI=1S/C11H8F3N5O/c12-11(13,14)7-5-6(1-2-16-7)19-10-8(9(15)20)17-3-4-18-10/h1-5H,(H2,15,20)(H,16,18,19). The predicted molar refractivity (Wildman–Crippen MR) is 63.1 cm³/mol. The highest BCUT2D eigenvalue weighted by molar-refractivity contribution is 5.96. The summed E-state index contributed by atoms with van der Waals surface area (Å²) in [5, 5.41) is 2.55. The summed E-state index contributed by atoms with van der Waals surface area (Å²) in [6.07, 6.45) is -1.04. The number of hydrogen-bond donors (Lipinski definition) is 2. The Hall–Kier alpha value is -2.71. The number of rotatable bonds is 3. The Morgan fingerprint density at radius 2 is 1.85 bits per heavy atom. The maximum Gasteiger partial charge on any atom is 0.433 e. The monoisotopic (exact) mass is 283 g/mol. The van der Waals surface area contributed by atoms with Crippen molar-refractivity contribution in [3.63, 3.8) is 0 Å². The number of nitrogens with zero attached hydrogens (tertiary/aromatic N) is 3. The van der Waals surface area contributed by atoms with Crippen LogP contribution >= 0.6 is 0 Å². The summed E-state index contributed by atoms with van der Waals surface area (Å²) in [6.45, 7) is 0. The minimum Gasteiger partial charge on any atom is -0.364 e. The fourth-order valence-corrected chi connectivity index (χ4v) is 1.41. The molecule has 0 saturated carbocycles. The van der Waals surface area contributed by atoms with Gasteiger partial charge in [-0.15, -0.1) is 0 Å². The van der Waals surface area contributed by atoms with Gasteiger partial charge in [-0.25, -0.2) is 9.97 Å². The van der Waals surface area contributed by atoms with Crippen molar-refractivity contribution >= 4 is 17.4 Å². The van der Waals surface area contributed by atoms with Gasteiger partial charge in [-0.2, -0.15) is 13.2 Å². The normalized spacial score (nSPS) is 11.2.